The Bertz CT molecular complexity index is 1370. The maximum atomic E-state index is 10.6. The number of hydrogen-bond acceptors (Lipinski definition) is 5. The predicted octanol–water partition coefficient (Wildman–Crippen LogP) is 5.80. The van der Waals surface area contributed by atoms with Crippen molar-refractivity contribution in [3.8, 4) is 46.4 Å². The molecule has 0 saturated carbocycles. The van der Waals surface area contributed by atoms with E-state index >= 15 is 0 Å². The van der Waals surface area contributed by atoms with Crippen LogP contribution in [-0.4, -0.2) is 29.6 Å². The lowest BCUT2D eigenvalue weighted by atomic mass is 10.0. The molecule has 0 amide bonds. The minimum Gasteiger partial charge on any atom is -0.494 e. The summed E-state index contributed by atoms with van der Waals surface area (Å²) in [5, 5.41) is 42.5. The molecule has 2 aromatic carbocycles. The highest BCUT2D eigenvalue weighted by molar-refractivity contribution is 5.69. The van der Waals surface area contributed by atoms with E-state index in [4.69, 9.17) is 4.74 Å². The third-order valence-corrected chi connectivity index (χ3v) is 6.64. The smallest absolute Gasteiger partial charge is 0.206 e. The highest BCUT2D eigenvalue weighted by Gasteiger charge is 2.24. The van der Waals surface area contributed by atoms with Crippen molar-refractivity contribution in [1.82, 2.24) is 9.13 Å². The molecular formula is C28H24N2O5. The quantitative estimate of drug-likeness (QED) is 0.303. The van der Waals surface area contributed by atoms with E-state index in [1.54, 1.807) is 48.5 Å². The molecular weight excluding hydrogens is 444 g/mol. The van der Waals surface area contributed by atoms with E-state index in [9.17, 15) is 20.4 Å². The van der Waals surface area contributed by atoms with E-state index in [0.29, 0.717) is 46.8 Å². The lowest BCUT2D eigenvalue weighted by Gasteiger charge is -2.11. The largest absolute Gasteiger partial charge is 0.494 e. The van der Waals surface area contributed by atoms with Gasteiger partial charge in [0.1, 0.15) is 11.5 Å². The van der Waals surface area contributed by atoms with Gasteiger partial charge in [0.25, 0.3) is 0 Å². The van der Waals surface area contributed by atoms with Crippen LogP contribution in [0.2, 0.25) is 0 Å². The molecule has 0 unspecified atom stereocenters. The van der Waals surface area contributed by atoms with Crippen LogP contribution in [0.5, 0.6) is 35.0 Å². The van der Waals surface area contributed by atoms with Gasteiger partial charge in [-0.15, -0.1) is 0 Å². The van der Waals surface area contributed by atoms with Crippen molar-refractivity contribution in [2.75, 3.05) is 0 Å². The van der Waals surface area contributed by atoms with Crippen LogP contribution >= 0.6 is 0 Å². The molecule has 0 fully saturated rings. The summed E-state index contributed by atoms with van der Waals surface area (Å²) in [6, 6.07) is 14.1. The fourth-order valence-corrected chi connectivity index (χ4v) is 4.87. The molecule has 2 aromatic heterocycles. The van der Waals surface area contributed by atoms with Crippen molar-refractivity contribution < 1.29 is 25.2 Å². The Kier molecular flexibility index (Phi) is 4.84. The van der Waals surface area contributed by atoms with E-state index in [2.05, 4.69) is 0 Å². The molecule has 0 aliphatic heterocycles. The van der Waals surface area contributed by atoms with Gasteiger partial charge in [-0.05, 0) is 74.2 Å². The monoisotopic (exact) mass is 468 g/mol. The lowest BCUT2D eigenvalue weighted by Crippen LogP contribution is -1.95. The number of aromatic nitrogens is 2. The van der Waals surface area contributed by atoms with Gasteiger partial charge in [0, 0.05) is 22.3 Å². The maximum Gasteiger partial charge on any atom is 0.206 e. The molecule has 0 atom stereocenters. The molecule has 7 heteroatoms. The number of benzene rings is 2. The fourth-order valence-electron chi connectivity index (χ4n) is 4.87. The first-order chi connectivity index (χ1) is 17.0. The number of allylic oxidation sites excluding steroid dienone is 2. The number of hydrogen-bond donors (Lipinski definition) is 4. The van der Waals surface area contributed by atoms with Crippen LogP contribution in [0.4, 0.5) is 0 Å². The van der Waals surface area contributed by atoms with Gasteiger partial charge < -0.3 is 25.2 Å². The molecule has 2 aliphatic carbocycles. The molecule has 6 rings (SSSR count). The normalized spacial score (nSPS) is 14.1. The summed E-state index contributed by atoms with van der Waals surface area (Å²) in [7, 11) is 0. The van der Waals surface area contributed by atoms with Crippen molar-refractivity contribution in [2.45, 2.75) is 25.7 Å². The molecule has 0 spiro atoms. The third kappa shape index (κ3) is 3.35. The average Bonchev–Trinajstić information content (AvgIpc) is 3.30. The Morgan fingerprint density at radius 3 is 1.31 bits per heavy atom. The first kappa shape index (κ1) is 21.0. The van der Waals surface area contributed by atoms with E-state index in [-0.39, 0.29) is 23.5 Å². The van der Waals surface area contributed by atoms with Gasteiger partial charge in [-0.1, -0.05) is 24.3 Å². The van der Waals surface area contributed by atoms with Crippen LogP contribution in [0.3, 0.4) is 0 Å². The average molecular weight is 469 g/mol. The maximum absolute atomic E-state index is 10.6. The number of ether oxygens (including phenoxy) is 1. The minimum atomic E-state index is 0.0198. The summed E-state index contributed by atoms with van der Waals surface area (Å²) < 4.78 is 8.82. The van der Waals surface area contributed by atoms with Gasteiger partial charge in [-0.3, -0.25) is 9.13 Å². The summed E-state index contributed by atoms with van der Waals surface area (Å²) in [5.74, 6) is 1.33. The Hall–Kier alpha value is -4.52. The molecule has 35 heavy (non-hydrogen) atoms. The molecule has 176 valence electrons. The summed E-state index contributed by atoms with van der Waals surface area (Å²) in [6.07, 6.45) is 10.7. The summed E-state index contributed by atoms with van der Waals surface area (Å²) in [4.78, 5) is 0. The van der Waals surface area contributed by atoms with Crippen molar-refractivity contribution in [1.29, 1.82) is 0 Å². The van der Waals surface area contributed by atoms with Crippen LogP contribution in [-0.2, 0) is 12.8 Å². The van der Waals surface area contributed by atoms with E-state index in [0.717, 1.165) is 24.0 Å². The van der Waals surface area contributed by atoms with Gasteiger partial charge in [-0.25, -0.2) is 0 Å². The molecule has 7 nitrogen and oxygen atoms in total. The third-order valence-electron chi connectivity index (χ3n) is 6.64. The highest BCUT2D eigenvalue weighted by Crippen LogP contribution is 2.42. The van der Waals surface area contributed by atoms with Crippen LogP contribution < -0.4 is 4.74 Å². The van der Waals surface area contributed by atoms with Gasteiger partial charge in [0.15, 0.2) is 0 Å². The highest BCUT2D eigenvalue weighted by atomic mass is 16.5. The van der Waals surface area contributed by atoms with E-state index in [1.807, 2.05) is 24.3 Å². The van der Waals surface area contributed by atoms with Gasteiger partial charge in [-0.2, -0.15) is 0 Å². The molecule has 0 bridgehead atoms. The molecule has 4 aromatic rings. The van der Waals surface area contributed by atoms with Crippen molar-refractivity contribution in [3.05, 3.63) is 82.9 Å². The topological polar surface area (TPSA) is 100 Å². The number of aromatic hydroxyl groups is 4. The Morgan fingerprint density at radius 2 is 0.943 bits per heavy atom. The summed E-state index contributed by atoms with van der Waals surface area (Å²) in [6.45, 7) is 0. The fraction of sp³-hybridized carbons (Fsp3) is 0.143. The minimum absolute atomic E-state index is 0.0198. The zero-order chi connectivity index (χ0) is 24.1. The molecule has 4 N–H and O–H groups in total. The number of rotatable bonds is 4. The second kappa shape index (κ2) is 8.06. The van der Waals surface area contributed by atoms with Crippen molar-refractivity contribution >= 4 is 12.2 Å². The predicted molar refractivity (Wildman–Crippen MR) is 133 cm³/mol. The van der Waals surface area contributed by atoms with Crippen molar-refractivity contribution in [2.24, 2.45) is 0 Å². The zero-order valence-corrected chi connectivity index (χ0v) is 18.8. The Morgan fingerprint density at radius 1 is 0.543 bits per heavy atom. The summed E-state index contributed by atoms with van der Waals surface area (Å²) >= 11 is 0. The van der Waals surface area contributed by atoms with Gasteiger partial charge in [0.2, 0.25) is 23.5 Å². The SMILES string of the molecule is Oc1c2c(c(O)n1-c1ccc(Oc3ccc(-n4c(O)c5c(c4O)CCC=C5)cc3)cc1)CCC=C2. The molecule has 0 radical (unpaired) electrons. The molecule has 2 heterocycles. The van der Waals surface area contributed by atoms with Crippen LogP contribution in [0.15, 0.2) is 60.7 Å². The van der Waals surface area contributed by atoms with Crippen molar-refractivity contribution in [3.63, 3.8) is 0 Å². The van der Waals surface area contributed by atoms with Crippen LogP contribution in [0, 0.1) is 0 Å². The lowest BCUT2D eigenvalue weighted by molar-refractivity contribution is 0.399. The van der Waals surface area contributed by atoms with Gasteiger partial charge >= 0.3 is 0 Å². The number of fused-ring (bicyclic) bond motifs is 2. The first-order valence-corrected chi connectivity index (χ1v) is 11.6. The van der Waals surface area contributed by atoms with Gasteiger partial charge in [0.05, 0.1) is 11.4 Å². The number of nitrogens with zero attached hydrogens (tertiary/aromatic N) is 2. The van der Waals surface area contributed by atoms with E-state index < -0.39 is 0 Å². The van der Waals surface area contributed by atoms with Crippen LogP contribution in [0.25, 0.3) is 23.5 Å². The van der Waals surface area contributed by atoms with E-state index in [1.165, 1.54) is 9.13 Å². The zero-order valence-electron chi connectivity index (χ0n) is 18.8. The summed E-state index contributed by atoms with van der Waals surface area (Å²) in [5.41, 5.74) is 4.07. The molecule has 2 aliphatic rings. The first-order valence-electron chi connectivity index (χ1n) is 11.6. The standard InChI is InChI=1S/C28H24N2O5/c31-25-21-5-1-2-6-22(21)26(32)29(25)17-9-13-19(14-10-17)35-20-15-11-18(12-16-20)30-27(33)23-7-3-4-8-24(23)28(30)34/h1,3,5,7,9-16,31-34H,2,4,6,8H2. The van der Waals surface area contributed by atoms with Crippen LogP contribution in [0.1, 0.15) is 35.1 Å². The second-order valence-electron chi connectivity index (χ2n) is 8.72. The second-order valence-corrected chi connectivity index (χ2v) is 8.72. The Labute approximate surface area is 201 Å². The molecule has 0 saturated heterocycles. The Balaban J connectivity index is 1.23.